The molecule has 3 N–H and O–H groups in total. The third-order valence-corrected chi connectivity index (χ3v) is 4.36. The molecule has 3 nitrogen and oxygen atoms in total. The van der Waals surface area contributed by atoms with Crippen LogP contribution in [0.15, 0.2) is 11.4 Å². The van der Waals surface area contributed by atoms with Crippen LogP contribution in [0, 0.1) is 12.8 Å². The Kier molecular flexibility index (Phi) is 3.61. The van der Waals surface area contributed by atoms with E-state index in [1.54, 1.807) is 0 Å². The second-order valence-electron chi connectivity index (χ2n) is 4.44. The van der Waals surface area contributed by atoms with Gasteiger partial charge in [0.25, 0.3) is 5.91 Å². The van der Waals surface area contributed by atoms with Crippen LogP contribution in [0.25, 0.3) is 0 Å². The summed E-state index contributed by atoms with van der Waals surface area (Å²) < 4.78 is 0. The van der Waals surface area contributed by atoms with E-state index in [0.29, 0.717) is 12.5 Å². The molecule has 0 spiro atoms. The highest BCUT2D eigenvalue weighted by atomic mass is 32.1. The summed E-state index contributed by atoms with van der Waals surface area (Å²) >= 11 is 1.51. The van der Waals surface area contributed by atoms with Gasteiger partial charge in [0.2, 0.25) is 0 Å². The Bertz CT molecular complexity index is 375. The Morgan fingerprint density at radius 2 is 2.44 bits per heavy atom. The van der Waals surface area contributed by atoms with Crippen LogP contribution in [0.3, 0.4) is 0 Å². The minimum absolute atomic E-state index is 0.0675. The van der Waals surface area contributed by atoms with Gasteiger partial charge < -0.3 is 11.1 Å². The number of hydrogen-bond acceptors (Lipinski definition) is 3. The van der Waals surface area contributed by atoms with E-state index in [9.17, 15) is 4.79 Å². The van der Waals surface area contributed by atoms with Gasteiger partial charge in [0.15, 0.2) is 0 Å². The quantitative estimate of drug-likeness (QED) is 0.845. The molecular formula is C12H18N2OS. The Balaban J connectivity index is 2.00. The normalized spacial score (nSPS) is 24.6. The van der Waals surface area contributed by atoms with Crippen molar-refractivity contribution in [3.63, 3.8) is 0 Å². The number of hydrogen-bond donors (Lipinski definition) is 2. The molecule has 1 aliphatic rings. The lowest BCUT2D eigenvalue weighted by Crippen LogP contribution is -2.39. The molecule has 16 heavy (non-hydrogen) atoms. The summed E-state index contributed by atoms with van der Waals surface area (Å²) in [5.74, 6) is 0.530. The first-order chi connectivity index (χ1) is 7.72. The average molecular weight is 238 g/mol. The molecule has 0 bridgehead atoms. The predicted octanol–water partition coefficient (Wildman–Crippen LogP) is 1.91. The van der Waals surface area contributed by atoms with Crippen LogP contribution in [0.4, 0.5) is 0 Å². The molecule has 0 radical (unpaired) electrons. The molecule has 1 heterocycles. The Labute approximate surface area is 100 Å². The maximum absolute atomic E-state index is 12.0. The zero-order valence-electron chi connectivity index (χ0n) is 9.53. The number of nitrogens with two attached hydrogens (primary N) is 1. The van der Waals surface area contributed by atoms with Gasteiger partial charge in [-0.3, -0.25) is 4.79 Å². The molecule has 1 aromatic rings. The molecule has 88 valence electrons. The van der Waals surface area contributed by atoms with Crippen molar-refractivity contribution in [2.24, 2.45) is 11.7 Å². The van der Waals surface area contributed by atoms with Crippen molar-refractivity contribution in [1.29, 1.82) is 0 Å². The molecule has 0 aromatic carbocycles. The van der Waals surface area contributed by atoms with Crippen LogP contribution >= 0.6 is 11.3 Å². The third-order valence-electron chi connectivity index (χ3n) is 3.35. The first-order valence-corrected chi connectivity index (χ1v) is 6.65. The molecule has 0 aliphatic heterocycles. The summed E-state index contributed by atoms with van der Waals surface area (Å²) in [6.07, 6.45) is 3.39. The van der Waals surface area contributed by atoms with Gasteiger partial charge in [-0.05, 0) is 49.2 Å². The van der Waals surface area contributed by atoms with Gasteiger partial charge in [0.1, 0.15) is 0 Å². The molecule has 4 heteroatoms. The van der Waals surface area contributed by atoms with E-state index in [0.717, 1.165) is 23.3 Å². The Morgan fingerprint density at radius 3 is 3.06 bits per heavy atom. The van der Waals surface area contributed by atoms with Crippen LogP contribution in [0.2, 0.25) is 0 Å². The number of nitrogens with one attached hydrogen (secondary N) is 1. The van der Waals surface area contributed by atoms with Gasteiger partial charge in [0, 0.05) is 6.04 Å². The molecule has 2 atom stereocenters. The second-order valence-corrected chi connectivity index (χ2v) is 5.36. The van der Waals surface area contributed by atoms with Crippen molar-refractivity contribution >= 4 is 17.2 Å². The van der Waals surface area contributed by atoms with Crippen molar-refractivity contribution < 1.29 is 4.79 Å². The van der Waals surface area contributed by atoms with Crippen molar-refractivity contribution in [1.82, 2.24) is 5.32 Å². The van der Waals surface area contributed by atoms with Gasteiger partial charge in [-0.15, -0.1) is 11.3 Å². The highest BCUT2D eigenvalue weighted by Gasteiger charge is 2.28. The first kappa shape index (κ1) is 11.6. The molecule has 1 fully saturated rings. The minimum Gasteiger partial charge on any atom is -0.348 e. The van der Waals surface area contributed by atoms with E-state index in [1.807, 2.05) is 18.4 Å². The highest BCUT2D eigenvalue weighted by Crippen LogP contribution is 2.25. The Morgan fingerprint density at radius 1 is 1.62 bits per heavy atom. The van der Waals surface area contributed by atoms with Gasteiger partial charge in [0.05, 0.1) is 4.88 Å². The van der Waals surface area contributed by atoms with Gasteiger partial charge in [-0.2, -0.15) is 0 Å². The number of carbonyl (C=O) groups excluding carboxylic acids is 1. The average Bonchev–Trinajstić information content (AvgIpc) is 2.86. The molecule has 0 saturated heterocycles. The van der Waals surface area contributed by atoms with Gasteiger partial charge in [-0.25, -0.2) is 0 Å². The maximum atomic E-state index is 12.0. The first-order valence-electron chi connectivity index (χ1n) is 5.77. The second kappa shape index (κ2) is 4.97. The molecule has 2 rings (SSSR count). The topological polar surface area (TPSA) is 55.1 Å². The zero-order valence-corrected chi connectivity index (χ0v) is 10.3. The van der Waals surface area contributed by atoms with E-state index >= 15 is 0 Å². The van der Waals surface area contributed by atoms with Crippen LogP contribution in [0.5, 0.6) is 0 Å². The maximum Gasteiger partial charge on any atom is 0.261 e. The molecule has 1 amide bonds. The van der Waals surface area contributed by atoms with E-state index in [2.05, 4.69) is 5.32 Å². The highest BCUT2D eigenvalue weighted by molar-refractivity contribution is 7.12. The molecule has 1 aromatic heterocycles. The fourth-order valence-corrected chi connectivity index (χ4v) is 3.18. The van der Waals surface area contributed by atoms with Crippen LogP contribution in [-0.4, -0.2) is 18.5 Å². The summed E-state index contributed by atoms with van der Waals surface area (Å²) in [7, 11) is 0. The van der Waals surface area contributed by atoms with E-state index in [-0.39, 0.29) is 11.9 Å². The lowest BCUT2D eigenvalue weighted by molar-refractivity contribution is 0.0932. The van der Waals surface area contributed by atoms with Crippen LogP contribution in [-0.2, 0) is 0 Å². The molecule has 1 saturated carbocycles. The monoisotopic (exact) mass is 238 g/mol. The fraction of sp³-hybridized carbons (Fsp3) is 0.583. The molecule has 2 unspecified atom stereocenters. The van der Waals surface area contributed by atoms with Gasteiger partial charge >= 0.3 is 0 Å². The number of rotatable bonds is 3. The zero-order chi connectivity index (χ0) is 11.5. The molecular weight excluding hydrogens is 220 g/mol. The van der Waals surface area contributed by atoms with Crippen molar-refractivity contribution in [2.45, 2.75) is 32.2 Å². The van der Waals surface area contributed by atoms with Crippen molar-refractivity contribution in [2.75, 3.05) is 6.54 Å². The summed E-state index contributed by atoms with van der Waals surface area (Å²) in [5, 5.41) is 5.07. The summed E-state index contributed by atoms with van der Waals surface area (Å²) in [6.45, 7) is 2.65. The van der Waals surface area contributed by atoms with Crippen LogP contribution < -0.4 is 11.1 Å². The third kappa shape index (κ3) is 2.28. The largest absolute Gasteiger partial charge is 0.348 e. The van der Waals surface area contributed by atoms with E-state index in [1.165, 1.54) is 17.8 Å². The Hall–Kier alpha value is -0.870. The smallest absolute Gasteiger partial charge is 0.261 e. The summed E-state index contributed by atoms with van der Waals surface area (Å²) in [6, 6.07) is 2.26. The number of thiophene rings is 1. The minimum atomic E-state index is 0.0675. The van der Waals surface area contributed by atoms with Gasteiger partial charge in [-0.1, -0.05) is 6.42 Å². The van der Waals surface area contributed by atoms with E-state index in [4.69, 9.17) is 5.73 Å². The SMILES string of the molecule is Cc1ccsc1C(=O)NC1CCCC1CN. The van der Waals surface area contributed by atoms with E-state index < -0.39 is 0 Å². The summed E-state index contributed by atoms with van der Waals surface area (Å²) in [4.78, 5) is 12.8. The summed E-state index contributed by atoms with van der Waals surface area (Å²) in [5.41, 5.74) is 6.76. The predicted molar refractivity (Wildman–Crippen MR) is 66.7 cm³/mol. The van der Waals surface area contributed by atoms with Crippen molar-refractivity contribution in [3.8, 4) is 0 Å². The van der Waals surface area contributed by atoms with Crippen LogP contribution in [0.1, 0.15) is 34.5 Å². The molecule has 1 aliphatic carbocycles. The number of aryl methyl sites for hydroxylation is 1. The number of amides is 1. The van der Waals surface area contributed by atoms with Crippen molar-refractivity contribution in [3.05, 3.63) is 21.9 Å². The lowest BCUT2D eigenvalue weighted by atomic mass is 10.0. The standard InChI is InChI=1S/C12H18N2OS/c1-8-5-6-16-11(8)12(15)14-10-4-2-3-9(10)7-13/h5-6,9-10H,2-4,7,13H2,1H3,(H,14,15). The number of carbonyl (C=O) groups is 1. The fourth-order valence-electron chi connectivity index (χ4n) is 2.35. The lowest BCUT2D eigenvalue weighted by Gasteiger charge is -2.19.